The third kappa shape index (κ3) is 1.11. The van der Waals surface area contributed by atoms with Crippen molar-refractivity contribution < 1.29 is 4.74 Å². The molecule has 1 atom stereocenters. The van der Waals surface area contributed by atoms with Crippen LogP contribution in [0.3, 0.4) is 0 Å². The summed E-state index contributed by atoms with van der Waals surface area (Å²) >= 11 is 0. The topological polar surface area (TPSA) is 12.5 Å². The van der Waals surface area contributed by atoms with Crippen molar-refractivity contribution in [2.45, 2.75) is 26.8 Å². The summed E-state index contributed by atoms with van der Waals surface area (Å²) in [4.78, 5) is 2.25. The molecule has 0 radical (unpaired) electrons. The number of hydrogen-bond acceptors (Lipinski definition) is 2. The summed E-state index contributed by atoms with van der Waals surface area (Å²) in [6.07, 6.45) is 0. The minimum absolute atomic E-state index is 0.517. The van der Waals surface area contributed by atoms with Crippen LogP contribution in [-0.2, 0) is 4.74 Å². The van der Waals surface area contributed by atoms with E-state index in [2.05, 4.69) is 25.8 Å². The van der Waals surface area contributed by atoms with Crippen LogP contribution in [0.4, 0.5) is 0 Å². The predicted molar refractivity (Wildman–Crippen MR) is 41.6 cm³/mol. The Balaban J connectivity index is 2.77. The van der Waals surface area contributed by atoms with Crippen LogP contribution in [-0.4, -0.2) is 24.6 Å². The summed E-state index contributed by atoms with van der Waals surface area (Å²) in [5.74, 6) is 1.06. The van der Waals surface area contributed by atoms with Gasteiger partial charge in [-0.1, -0.05) is 0 Å². The van der Waals surface area contributed by atoms with Gasteiger partial charge in [0.15, 0.2) is 0 Å². The lowest BCUT2D eigenvalue weighted by atomic mass is 10.2. The fraction of sp³-hybridized carbons (Fsp3) is 0.750. The van der Waals surface area contributed by atoms with Gasteiger partial charge in [-0.05, 0) is 20.8 Å². The maximum atomic E-state index is 5.41. The highest BCUT2D eigenvalue weighted by atomic mass is 16.5. The molecule has 0 saturated carbocycles. The molecular formula is C8H15NO. The Morgan fingerprint density at radius 1 is 1.50 bits per heavy atom. The molecule has 0 amide bonds. The number of ether oxygens (including phenoxy) is 1. The molecule has 0 spiro atoms. The summed E-state index contributed by atoms with van der Waals surface area (Å²) in [5, 5.41) is 0. The number of likely N-dealkylation sites (N-methyl/N-ethyl adjacent to an activating group) is 1. The number of allylic oxidation sites excluding steroid dienone is 2. The first kappa shape index (κ1) is 7.45. The highest BCUT2D eigenvalue weighted by Crippen LogP contribution is 2.17. The van der Waals surface area contributed by atoms with E-state index in [0.717, 1.165) is 12.4 Å². The zero-order valence-corrected chi connectivity index (χ0v) is 7.14. The van der Waals surface area contributed by atoms with E-state index < -0.39 is 0 Å². The van der Waals surface area contributed by atoms with Crippen LogP contribution in [0.25, 0.3) is 0 Å². The molecule has 10 heavy (non-hydrogen) atoms. The average Bonchev–Trinajstić information content (AvgIpc) is 1.93. The van der Waals surface area contributed by atoms with Crippen molar-refractivity contribution in [3.05, 3.63) is 11.5 Å². The molecule has 0 aromatic rings. The first-order chi connectivity index (χ1) is 4.63. The molecule has 58 valence electrons. The van der Waals surface area contributed by atoms with Crippen LogP contribution in [0, 0.1) is 0 Å². The molecule has 0 aromatic carbocycles. The lowest BCUT2D eigenvalue weighted by Gasteiger charge is -2.33. The summed E-state index contributed by atoms with van der Waals surface area (Å²) in [7, 11) is 2.10. The Morgan fingerprint density at radius 3 is 2.60 bits per heavy atom. The first-order valence-electron chi connectivity index (χ1n) is 3.66. The third-order valence-corrected chi connectivity index (χ3v) is 2.24. The second kappa shape index (κ2) is 2.52. The molecule has 1 aliphatic heterocycles. The molecule has 0 saturated heterocycles. The summed E-state index contributed by atoms with van der Waals surface area (Å²) in [6.45, 7) is 7.08. The van der Waals surface area contributed by atoms with E-state index in [9.17, 15) is 0 Å². The van der Waals surface area contributed by atoms with Crippen molar-refractivity contribution >= 4 is 0 Å². The highest BCUT2D eigenvalue weighted by molar-refractivity contribution is 5.05. The molecule has 0 N–H and O–H groups in total. The van der Waals surface area contributed by atoms with Gasteiger partial charge >= 0.3 is 0 Å². The van der Waals surface area contributed by atoms with Gasteiger partial charge in [0.05, 0.1) is 6.04 Å². The minimum Gasteiger partial charge on any atom is -0.494 e. The van der Waals surface area contributed by atoms with Crippen LogP contribution in [0.5, 0.6) is 0 Å². The fourth-order valence-electron chi connectivity index (χ4n) is 1.04. The molecule has 2 heteroatoms. The van der Waals surface area contributed by atoms with Gasteiger partial charge in [-0.3, -0.25) is 0 Å². The second-order valence-electron chi connectivity index (χ2n) is 2.91. The SMILES string of the molecule is CC1=C(C)N(C)C(C)CO1. The Morgan fingerprint density at radius 2 is 2.10 bits per heavy atom. The summed E-state index contributed by atoms with van der Waals surface area (Å²) < 4.78 is 5.41. The monoisotopic (exact) mass is 141 g/mol. The fourth-order valence-corrected chi connectivity index (χ4v) is 1.04. The quantitative estimate of drug-likeness (QED) is 0.508. The van der Waals surface area contributed by atoms with E-state index in [-0.39, 0.29) is 0 Å². The van der Waals surface area contributed by atoms with Gasteiger partial charge in [-0.2, -0.15) is 0 Å². The van der Waals surface area contributed by atoms with Gasteiger partial charge in [0.2, 0.25) is 0 Å². The van der Waals surface area contributed by atoms with E-state index >= 15 is 0 Å². The number of rotatable bonds is 0. The molecule has 1 aliphatic rings. The van der Waals surface area contributed by atoms with Crippen molar-refractivity contribution in [3.63, 3.8) is 0 Å². The Kier molecular flexibility index (Phi) is 1.88. The van der Waals surface area contributed by atoms with E-state index in [1.54, 1.807) is 0 Å². The maximum Gasteiger partial charge on any atom is 0.112 e. The molecule has 0 aromatic heterocycles. The van der Waals surface area contributed by atoms with Gasteiger partial charge in [-0.25, -0.2) is 0 Å². The number of nitrogens with zero attached hydrogens (tertiary/aromatic N) is 1. The van der Waals surface area contributed by atoms with Crippen molar-refractivity contribution in [3.8, 4) is 0 Å². The van der Waals surface area contributed by atoms with Crippen LogP contribution >= 0.6 is 0 Å². The lowest BCUT2D eigenvalue weighted by molar-refractivity contribution is 0.100. The lowest BCUT2D eigenvalue weighted by Crippen LogP contribution is -2.35. The van der Waals surface area contributed by atoms with Crippen molar-refractivity contribution in [1.29, 1.82) is 0 Å². The molecule has 2 nitrogen and oxygen atoms in total. The van der Waals surface area contributed by atoms with Crippen LogP contribution in [0.2, 0.25) is 0 Å². The Labute approximate surface area is 62.5 Å². The molecule has 0 aliphatic carbocycles. The highest BCUT2D eigenvalue weighted by Gasteiger charge is 2.17. The van der Waals surface area contributed by atoms with Crippen LogP contribution < -0.4 is 0 Å². The van der Waals surface area contributed by atoms with Gasteiger partial charge < -0.3 is 9.64 Å². The van der Waals surface area contributed by atoms with Gasteiger partial charge in [0.25, 0.3) is 0 Å². The maximum absolute atomic E-state index is 5.41. The zero-order chi connectivity index (χ0) is 7.72. The van der Waals surface area contributed by atoms with Crippen LogP contribution in [0.1, 0.15) is 20.8 Å². The molecule has 1 heterocycles. The summed E-state index contributed by atoms with van der Waals surface area (Å²) in [6, 6.07) is 0.517. The smallest absolute Gasteiger partial charge is 0.112 e. The van der Waals surface area contributed by atoms with E-state index in [1.807, 2.05) is 6.92 Å². The zero-order valence-electron chi connectivity index (χ0n) is 7.14. The second-order valence-corrected chi connectivity index (χ2v) is 2.91. The van der Waals surface area contributed by atoms with E-state index in [4.69, 9.17) is 4.74 Å². The molecule has 0 fully saturated rings. The standard InChI is InChI=1S/C8H15NO/c1-6-5-10-8(3)7(2)9(6)4/h6H,5H2,1-4H3. The van der Waals surface area contributed by atoms with Crippen molar-refractivity contribution in [2.75, 3.05) is 13.7 Å². The molecule has 0 bridgehead atoms. The molecule has 1 rings (SSSR count). The predicted octanol–water partition coefficient (Wildman–Crippen LogP) is 1.59. The van der Waals surface area contributed by atoms with E-state index in [1.165, 1.54) is 5.70 Å². The molecular weight excluding hydrogens is 126 g/mol. The number of hydrogen-bond donors (Lipinski definition) is 0. The minimum atomic E-state index is 0.517. The van der Waals surface area contributed by atoms with Gasteiger partial charge in [-0.15, -0.1) is 0 Å². The average molecular weight is 141 g/mol. The largest absolute Gasteiger partial charge is 0.494 e. The van der Waals surface area contributed by atoms with Gasteiger partial charge in [0, 0.05) is 12.7 Å². The summed E-state index contributed by atoms with van der Waals surface area (Å²) in [5.41, 5.74) is 1.25. The van der Waals surface area contributed by atoms with Crippen molar-refractivity contribution in [2.24, 2.45) is 0 Å². The first-order valence-corrected chi connectivity index (χ1v) is 3.66. The van der Waals surface area contributed by atoms with Gasteiger partial charge in [0.1, 0.15) is 12.4 Å². The normalized spacial score (nSPS) is 26.8. The van der Waals surface area contributed by atoms with Crippen LogP contribution in [0.15, 0.2) is 11.5 Å². The van der Waals surface area contributed by atoms with Crippen molar-refractivity contribution in [1.82, 2.24) is 4.90 Å². The van der Waals surface area contributed by atoms with E-state index in [0.29, 0.717) is 6.04 Å². The molecule has 1 unspecified atom stereocenters. The third-order valence-electron chi connectivity index (χ3n) is 2.24. The Hall–Kier alpha value is -0.660. The Bertz CT molecular complexity index is 163.